The van der Waals surface area contributed by atoms with E-state index in [9.17, 15) is 13.6 Å². The molecule has 1 unspecified atom stereocenters. The second-order valence-corrected chi connectivity index (χ2v) is 5.24. The number of aromatic amines is 1. The van der Waals surface area contributed by atoms with E-state index < -0.39 is 17.7 Å². The van der Waals surface area contributed by atoms with Crippen LogP contribution in [0.5, 0.6) is 5.75 Å². The largest absolute Gasteiger partial charge is 0.481 e. The molecule has 0 spiro atoms. The molecular formula is C14H16F2N4O2S. The highest BCUT2D eigenvalue weighted by Crippen LogP contribution is 2.16. The lowest BCUT2D eigenvalue weighted by Crippen LogP contribution is -2.38. The Morgan fingerprint density at radius 3 is 2.83 bits per heavy atom. The van der Waals surface area contributed by atoms with Gasteiger partial charge in [-0.2, -0.15) is 5.10 Å². The van der Waals surface area contributed by atoms with E-state index in [0.717, 1.165) is 18.0 Å². The molecule has 0 saturated heterocycles. The number of carbonyl (C=O) groups excluding carboxylic acids is 1. The van der Waals surface area contributed by atoms with Crippen molar-refractivity contribution in [2.75, 3.05) is 6.54 Å². The molecule has 2 aromatic rings. The van der Waals surface area contributed by atoms with Gasteiger partial charge in [0.05, 0.1) is 0 Å². The maximum Gasteiger partial charge on any atom is 0.260 e. The maximum atomic E-state index is 13.1. The molecule has 0 aliphatic carbocycles. The minimum Gasteiger partial charge on any atom is -0.481 e. The Labute approximate surface area is 136 Å². The molecule has 0 aliphatic heterocycles. The fourth-order valence-electron chi connectivity index (χ4n) is 1.90. The van der Waals surface area contributed by atoms with Gasteiger partial charge in [-0.05, 0) is 38.2 Å². The predicted octanol–water partition coefficient (Wildman–Crippen LogP) is 2.11. The SMILES string of the molecule is Cc1n[nH]c(=S)n1CCNC(=O)C(C)Oc1ccc(F)c(F)c1. The predicted molar refractivity (Wildman–Crippen MR) is 81.6 cm³/mol. The van der Waals surface area contributed by atoms with Crippen LogP contribution in [0.2, 0.25) is 0 Å². The molecule has 0 fully saturated rings. The third-order valence-electron chi connectivity index (χ3n) is 3.16. The number of aryl methyl sites for hydroxylation is 1. The van der Waals surface area contributed by atoms with E-state index in [0.29, 0.717) is 17.9 Å². The van der Waals surface area contributed by atoms with E-state index in [-0.39, 0.29) is 11.7 Å². The fourth-order valence-corrected chi connectivity index (χ4v) is 2.17. The Hall–Kier alpha value is -2.29. The normalized spacial score (nSPS) is 12.0. The third kappa shape index (κ3) is 4.35. The summed E-state index contributed by atoms with van der Waals surface area (Å²) in [6.07, 6.45) is -0.849. The van der Waals surface area contributed by atoms with Crippen LogP contribution in [0, 0.1) is 23.3 Å². The number of aromatic nitrogens is 3. The highest BCUT2D eigenvalue weighted by Gasteiger charge is 2.15. The molecule has 1 heterocycles. The first kappa shape index (κ1) is 17.1. The summed E-state index contributed by atoms with van der Waals surface area (Å²) in [5, 5.41) is 9.30. The average Bonchev–Trinajstić information content (AvgIpc) is 2.82. The van der Waals surface area contributed by atoms with Crippen LogP contribution in [0.1, 0.15) is 12.7 Å². The van der Waals surface area contributed by atoms with Crippen LogP contribution < -0.4 is 10.1 Å². The van der Waals surface area contributed by atoms with Gasteiger partial charge in [-0.15, -0.1) is 0 Å². The summed E-state index contributed by atoms with van der Waals surface area (Å²) >= 11 is 5.05. The first-order chi connectivity index (χ1) is 10.9. The van der Waals surface area contributed by atoms with Crippen LogP contribution in [-0.2, 0) is 11.3 Å². The van der Waals surface area contributed by atoms with Crippen molar-refractivity contribution in [1.82, 2.24) is 20.1 Å². The van der Waals surface area contributed by atoms with E-state index in [1.165, 1.54) is 13.0 Å². The summed E-state index contributed by atoms with van der Waals surface area (Å²) in [6.45, 7) is 4.11. The molecule has 1 atom stereocenters. The number of H-pyrrole nitrogens is 1. The number of benzene rings is 1. The van der Waals surface area contributed by atoms with Crippen LogP contribution >= 0.6 is 12.2 Å². The van der Waals surface area contributed by atoms with E-state index in [1.807, 2.05) is 0 Å². The van der Waals surface area contributed by atoms with Crippen molar-refractivity contribution in [1.29, 1.82) is 0 Å². The molecule has 0 aliphatic rings. The topological polar surface area (TPSA) is 71.9 Å². The van der Waals surface area contributed by atoms with Crippen molar-refractivity contribution in [3.63, 3.8) is 0 Å². The van der Waals surface area contributed by atoms with Gasteiger partial charge >= 0.3 is 0 Å². The van der Waals surface area contributed by atoms with Crippen LogP contribution in [0.4, 0.5) is 8.78 Å². The van der Waals surface area contributed by atoms with Crippen molar-refractivity contribution < 1.29 is 18.3 Å². The van der Waals surface area contributed by atoms with Gasteiger partial charge in [0.2, 0.25) is 0 Å². The molecule has 9 heteroatoms. The maximum absolute atomic E-state index is 13.1. The van der Waals surface area contributed by atoms with Crippen LogP contribution in [-0.4, -0.2) is 33.3 Å². The summed E-state index contributed by atoms with van der Waals surface area (Å²) in [7, 11) is 0. The standard InChI is InChI=1S/C14H16F2N4O2S/c1-8(22-10-3-4-11(15)12(16)7-10)13(21)17-5-6-20-9(2)18-19-14(20)23/h3-4,7-8H,5-6H2,1-2H3,(H,17,21)(H,19,23). The zero-order valence-electron chi connectivity index (χ0n) is 12.6. The number of nitrogens with one attached hydrogen (secondary N) is 2. The minimum absolute atomic E-state index is 0.0828. The molecule has 2 rings (SSSR count). The number of hydrogen-bond acceptors (Lipinski definition) is 4. The lowest BCUT2D eigenvalue weighted by Gasteiger charge is -2.15. The van der Waals surface area contributed by atoms with Gasteiger partial charge in [0.1, 0.15) is 11.6 Å². The number of nitrogens with zero attached hydrogens (tertiary/aromatic N) is 2. The second-order valence-electron chi connectivity index (χ2n) is 4.85. The zero-order valence-corrected chi connectivity index (χ0v) is 13.4. The number of amides is 1. The van der Waals surface area contributed by atoms with Crippen molar-refractivity contribution in [2.24, 2.45) is 0 Å². The van der Waals surface area contributed by atoms with Crippen LogP contribution in [0.25, 0.3) is 0 Å². The molecule has 124 valence electrons. The first-order valence-corrected chi connectivity index (χ1v) is 7.30. The van der Waals surface area contributed by atoms with E-state index >= 15 is 0 Å². The van der Waals surface area contributed by atoms with E-state index in [4.69, 9.17) is 17.0 Å². The molecule has 23 heavy (non-hydrogen) atoms. The highest BCUT2D eigenvalue weighted by atomic mass is 32.1. The highest BCUT2D eigenvalue weighted by molar-refractivity contribution is 7.71. The van der Waals surface area contributed by atoms with Crippen molar-refractivity contribution in [2.45, 2.75) is 26.5 Å². The van der Waals surface area contributed by atoms with E-state index in [1.54, 1.807) is 11.5 Å². The molecule has 1 aromatic heterocycles. The number of ether oxygens (including phenoxy) is 1. The Kier molecular flexibility index (Phi) is 5.43. The first-order valence-electron chi connectivity index (χ1n) is 6.89. The van der Waals surface area contributed by atoms with Gasteiger partial charge in [0.25, 0.3) is 5.91 Å². The summed E-state index contributed by atoms with van der Waals surface area (Å²) in [4.78, 5) is 11.9. The smallest absolute Gasteiger partial charge is 0.260 e. The number of rotatable bonds is 6. The molecule has 0 radical (unpaired) electrons. The minimum atomic E-state index is -1.03. The summed E-state index contributed by atoms with van der Waals surface area (Å²) in [6, 6.07) is 3.10. The van der Waals surface area contributed by atoms with Crippen LogP contribution in [0.15, 0.2) is 18.2 Å². The third-order valence-corrected chi connectivity index (χ3v) is 3.47. The number of hydrogen-bond donors (Lipinski definition) is 2. The fraction of sp³-hybridized carbons (Fsp3) is 0.357. The van der Waals surface area contributed by atoms with Crippen molar-refractivity contribution in [3.8, 4) is 5.75 Å². The van der Waals surface area contributed by atoms with Crippen molar-refractivity contribution >= 4 is 18.1 Å². The summed E-state index contributed by atoms with van der Waals surface area (Å²) < 4.78 is 33.4. The van der Waals surface area contributed by atoms with Crippen LogP contribution in [0.3, 0.4) is 0 Å². The monoisotopic (exact) mass is 342 g/mol. The molecule has 2 N–H and O–H groups in total. The number of halogens is 2. The lowest BCUT2D eigenvalue weighted by molar-refractivity contribution is -0.127. The molecule has 1 amide bonds. The van der Waals surface area contributed by atoms with Gasteiger partial charge < -0.3 is 14.6 Å². The van der Waals surface area contributed by atoms with Gasteiger partial charge in [0.15, 0.2) is 22.5 Å². The zero-order chi connectivity index (χ0) is 17.0. The lowest BCUT2D eigenvalue weighted by atomic mass is 10.3. The van der Waals surface area contributed by atoms with Gasteiger partial charge in [-0.1, -0.05) is 0 Å². The molecule has 1 aromatic carbocycles. The Balaban J connectivity index is 1.85. The van der Waals surface area contributed by atoms with Gasteiger partial charge in [0, 0.05) is 19.2 Å². The molecule has 0 saturated carbocycles. The average molecular weight is 342 g/mol. The molecular weight excluding hydrogens is 326 g/mol. The quantitative estimate of drug-likeness (QED) is 0.789. The van der Waals surface area contributed by atoms with Gasteiger partial charge in [-0.25, -0.2) is 8.78 Å². The van der Waals surface area contributed by atoms with Crippen molar-refractivity contribution in [3.05, 3.63) is 40.4 Å². The Morgan fingerprint density at radius 1 is 1.48 bits per heavy atom. The molecule has 0 bridgehead atoms. The van der Waals surface area contributed by atoms with Gasteiger partial charge in [-0.3, -0.25) is 9.89 Å². The second kappa shape index (κ2) is 7.32. The summed E-state index contributed by atoms with van der Waals surface area (Å²) in [5.74, 6) is -1.57. The Bertz CT molecular complexity index is 759. The molecule has 6 nitrogen and oxygen atoms in total. The van der Waals surface area contributed by atoms with E-state index in [2.05, 4.69) is 15.5 Å². The number of carbonyl (C=O) groups is 1. The summed E-state index contributed by atoms with van der Waals surface area (Å²) in [5.41, 5.74) is 0. The Morgan fingerprint density at radius 2 is 2.22 bits per heavy atom.